The molecule has 0 aliphatic rings. The van der Waals surface area contributed by atoms with Crippen molar-refractivity contribution in [2.75, 3.05) is 0 Å². The van der Waals surface area contributed by atoms with Gasteiger partial charge in [0, 0.05) is 12.0 Å². The van der Waals surface area contributed by atoms with Gasteiger partial charge < -0.3 is 8.83 Å². The highest BCUT2D eigenvalue weighted by Crippen LogP contribution is 2.30. The van der Waals surface area contributed by atoms with Gasteiger partial charge in [0.05, 0.1) is 5.56 Å². The Morgan fingerprint density at radius 1 is 0.962 bits per heavy atom. The van der Waals surface area contributed by atoms with Crippen LogP contribution >= 0.6 is 0 Å². The van der Waals surface area contributed by atoms with E-state index in [1.807, 2.05) is 0 Å². The molecule has 0 aliphatic carbocycles. The van der Waals surface area contributed by atoms with Crippen LogP contribution in [0.15, 0.2) is 57.7 Å². The smallest absolute Gasteiger partial charge is 0.416 e. The molecular weight excluding hydrogens is 347 g/mol. The molecule has 4 aromatic rings. The van der Waals surface area contributed by atoms with Gasteiger partial charge in [0.2, 0.25) is 11.8 Å². The van der Waals surface area contributed by atoms with Crippen molar-refractivity contribution in [2.45, 2.75) is 19.0 Å². The average molecular weight is 359 g/mol. The fraction of sp³-hybridized carbons (Fsp3) is 0.167. The fourth-order valence-electron chi connectivity index (χ4n) is 2.61. The summed E-state index contributed by atoms with van der Waals surface area (Å²) in [6.07, 6.45) is -2.29. The molecule has 0 bridgehead atoms. The monoisotopic (exact) mass is 359 g/mol. The highest BCUT2D eigenvalue weighted by molar-refractivity contribution is 5.77. The van der Waals surface area contributed by atoms with Crippen molar-refractivity contribution in [3.63, 3.8) is 0 Å². The van der Waals surface area contributed by atoms with E-state index in [1.165, 1.54) is 12.5 Å². The molecule has 0 aliphatic heterocycles. The van der Waals surface area contributed by atoms with Crippen LogP contribution in [-0.2, 0) is 19.0 Å². The molecule has 0 spiro atoms. The van der Waals surface area contributed by atoms with Crippen molar-refractivity contribution in [3.05, 3.63) is 65.9 Å². The number of halogens is 3. The Morgan fingerprint density at radius 2 is 1.85 bits per heavy atom. The summed E-state index contributed by atoms with van der Waals surface area (Å²) in [6.45, 7) is 0. The Morgan fingerprint density at radius 3 is 2.69 bits per heavy atom. The number of aryl methyl sites for hydroxylation is 2. The molecule has 0 fully saturated rings. The molecule has 0 unspecified atom stereocenters. The van der Waals surface area contributed by atoms with Gasteiger partial charge in [-0.05, 0) is 36.2 Å². The summed E-state index contributed by atoms with van der Waals surface area (Å²) in [5, 5.41) is 7.95. The third-order valence-corrected chi connectivity index (χ3v) is 3.93. The number of benzene rings is 2. The third kappa shape index (κ3) is 3.30. The minimum atomic E-state index is -4.35. The van der Waals surface area contributed by atoms with E-state index in [-0.39, 0.29) is 0 Å². The standard InChI is InChI=1S/C18H12F3N3O2/c19-18(20,21)13-3-1-2-11(8-13)4-7-16-23-24-17(26-16)12-5-6-14-15(9-12)25-10-22-14/h1-3,5-6,8-10H,4,7H2. The number of oxazole rings is 1. The first-order chi connectivity index (χ1) is 12.5. The van der Waals surface area contributed by atoms with E-state index in [2.05, 4.69) is 15.2 Å². The second kappa shape index (κ2) is 6.29. The van der Waals surface area contributed by atoms with Gasteiger partial charge >= 0.3 is 6.18 Å². The van der Waals surface area contributed by atoms with Gasteiger partial charge in [-0.3, -0.25) is 0 Å². The Bertz CT molecular complexity index is 1050. The van der Waals surface area contributed by atoms with Crippen molar-refractivity contribution in [2.24, 2.45) is 0 Å². The van der Waals surface area contributed by atoms with Crippen LogP contribution in [0.2, 0.25) is 0 Å². The zero-order valence-corrected chi connectivity index (χ0v) is 13.3. The van der Waals surface area contributed by atoms with Gasteiger partial charge in [0.25, 0.3) is 0 Å². The molecule has 2 aromatic heterocycles. The van der Waals surface area contributed by atoms with Gasteiger partial charge in [0.1, 0.15) is 5.52 Å². The highest BCUT2D eigenvalue weighted by Gasteiger charge is 2.30. The lowest BCUT2D eigenvalue weighted by Gasteiger charge is -2.07. The highest BCUT2D eigenvalue weighted by atomic mass is 19.4. The first-order valence-electron chi connectivity index (χ1n) is 7.81. The Balaban J connectivity index is 1.48. The first kappa shape index (κ1) is 16.3. The number of nitrogens with zero attached hydrogens (tertiary/aromatic N) is 3. The Labute approximate surface area is 145 Å². The van der Waals surface area contributed by atoms with Crippen LogP contribution in [0.5, 0.6) is 0 Å². The number of aromatic nitrogens is 3. The van der Waals surface area contributed by atoms with Crippen LogP contribution in [0.4, 0.5) is 13.2 Å². The minimum Gasteiger partial charge on any atom is -0.443 e. The van der Waals surface area contributed by atoms with Crippen molar-refractivity contribution in [1.82, 2.24) is 15.2 Å². The average Bonchev–Trinajstić information content (AvgIpc) is 3.28. The topological polar surface area (TPSA) is 65.0 Å². The van der Waals surface area contributed by atoms with Crippen LogP contribution in [-0.4, -0.2) is 15.2 Å². The molecule has 26 heavy (non-hydrogen) atoms. The number of alkyl halides is 3. The summed E-state index contributed by atoms with van der Waals surface area (Å²) < 4.78 is 49.1. The maximum Gasteiger partial charge on any atom is 0.416 e. The molecule has 0 saturated carbocycles. The summed E-state index contributed by atoms with van der Waals surface area (Å²) in [4.78, 5) is 4.03. The van der Waals surface area contributed by atoms with E-state index in [0.717, 1.165) is 17.6 Å². The molecule has 2 heterocycles. The van der Waals surface area contributed by atoms with Gasteiger partial charge in [-0.15, -0.1) is 10.2 Å². The zero-order chi connectivity index (χ0) is 18.1. The molecule has 2 aromatic carbocycles. The molecule has 0 N–H and O–H groups in total. The molecule has 132 valence electrons. The molecule has 4 rings (SSSR count). The minimum absolute atomic E-state index is 0.322. The Hall–Kier alpha value is -3.16. The van der Waals surface area contributed by atoms with Crippen LogP contribution in [0, 0.1) is 0 Å². The van der Waals surface area contributed by atoms with E-state index >= 15 is 0 Å². The first-order valence-corrected chi connectivity index (χ1v) is 7.81. The fourth-order valence-corrected chi connectivity index (χ4v) is 2.61. The van der Waals surface area contributed by atoms with Gasteiger partial charge in [0.15, 0.2) is 12.0 Å². The predicted molar refractivity (Wildman–Crippen MR) is 86.2 cm³/mol. The lowest BCUT2D eigenvalue weighted by Crippen LogP contribution is -2.05. The van der Waals surface area contributed by atoms with Crippen molar-refractivity contribution >= 4 is 11.1 Å². The quantitative estimate of drug-likeness (QED) is 0.529. The molecule has 0 amide bonds. The van der Waals surface area contributed by atoms with Crippen molar-refractivity contribution in [3.8, 4) is 11.5 Å². The van der Waals surface area contributed by atoms with E-state index < -0.39 is 11.7 Å². The summed E-state index contributed by atoms with van der Waals surface area (Å²) in [5.74, 6) is 0.678. The lowest BCUT2D eigenvalue weighted by atomic mass is 10.1. The van der Waals surface area contributed by atoms with Gasteiger partial charge in [-0.1, -0.05) is 18.2 Å². The largest absolute Gasteiger partial charge is 0.443 e. The normalized spacial score (nSPS) is 12.0. The maximum atomic E-state index is 12.8. The third-order valence-electron chi connectivity index (χ3n) is 3.93. The van der Waals surface area contributed by atoms with Crippen molar-refractivity contribution in [1.29, 1.82) is 0 Å². The van der Waals surface area contributed by atoms with Crippen LogP contribution in [0.25, 0.3) is 22.6 Å². The Kier molecular flexibility index (Phi) is 3.95. The van der Waals surface area contributed by atoms with Crippen LogP contribution in [0.3, 0.4) is 0 Å². The van der Waals surface area contributed by atoms with E-state index in [0.29, 0.717) is 41.3 Å². The number of fused-ring (bicyclic) bond motifs is 1. The lowest BCUT2D eigenvalue weighted by molar-refractivity contribution is -0.137. The second-order valence-corrected chi connectivity index (χ2v) is 5.73. The number of rotatable bonds is 4. The molecule has 5 nitrogen and oxygen atoms in total. The van der Waals surface area contributed by atoms with Crippen LogP contribution < -0.4 is 0 Å². The number of hydrogen-bond acceptors (Lipinski definition) is 5. The molecular formula is C18H12F3N3O2. The molecule has 8 heteroatoms. The van der Waals surface area contributed by atoms with Crippen LogP contribution in [0.1, 0.15) is 17.0 Å². The zero-order valence-electron chi connectivity index (χ0n) is 13.3. The van der Waals surface area contributed by atoms with E-state index in [1.54, 1.807) is 24.3 Å². The van der Waals surface area contributed by atoms with E-state index in [4.69, 9.17) is 8.83 Å². The van der Waals surface area contributed by atoms with Crippen molar-refractivity contribution < 1.29 is 22.0 Å². The molecule has 0 atom stereocenters. The maximum absolute atomic E-state index is 12.8. The van der Waals surface area contributed by atoms with Gasteiger partial charge in [-0.2, -0.15) is 13.2 Å². The molecule has 0 saturated heterocycles. The van der Waals surface area contributed by atoms with E-state index in [9.17, 15) is 13.2 Å². The predicted octanol–water partition coefficient (Wildman–Crippen LogP) is 4.68. The van der Waals surface area contributed by atoms with Gasteiger partial charge in [-0.25, -0.2) is 4.98 Å². The summed E-state index contributed by atoms with van der Waals surface area (Å²) in [7, 11) is 0. The summed E-state index contributed by atoms with van der Waals surface area (Å²) in [5.41, 5.74) is 1.90. The summed E-state index contributed by atoms with van der Waals surface area (Å²) in [6, 6.07) is 10.5. The summed E-state index contributed by atoms with van der Waals surface area (Å²) >= 11 is 0. The second-order valence-electron chi connectivity index (χ2n) is 5.73. The SMILES string of the molecule is FC(F)(F)c1cccc(CCc2nnc(-c3ccc4ncoc4c3)o2)c1. The number of hydrogen-bond donors (Lipinski definition) is 0. The molecule has 0 radical (unpaired) electrons.